The highest BCUT2D eigenvalue weighted by atomic mass is 32.2. The fraction of sp³-hybridized carbons (Fsp3) is 0.381. The smallest absolute Gasteiger partial charge is 0.273 e. The van der Waals surface area contributed by atoms with Crippen molar-refractivity contribution in [3.8, 4) is 0 Å². The molecule has 30 heavy (non-hydrogen) atoms. The van der Waals surface area contributed by atoms with Gasteiger partial charge in [0.05, 0.1) is 16.2 Å². The van der Waals surface area contributed by atoms with Crippen LogP contribution in [0.2, 0.25) is 0 Å². The SMILES string of the molecule is O=C(Cc1ccccc1[N+](=O)[O-])N1CCN(S(=O)(=O)c2ccc3c(c2)CCC3)CC1. The van der Waals surface area contributed by atoms with Crippen LogP contribution in [0.15, 0.2) is 47.4 Å². The van der Waals surface area contributed by atoms with Gasteiger partial charge in [0.15, 0.2) is 0 Å². The van der Waals surface area contributed by atoms with Gasteiger partial charge < -0.3 is 4.90 Å². The zero-order valence-corrected chi connectivity index (χ0v) is 17.3. The summed E-state index contributed by atoms with van der Waals surface area (Å²) in [5.41, 5.74) is 2.61. The lowest BCUT2D eigenvalue weighted by Crippen LogP contribution is -2.50. The first-order valence-electron chi connectivity index (χ1n) is 9.98. The van der Waals surface area contributed by atoms with Gasteiger partial charge in [-0.15, -0.1) is 0 Å². The van der Waals surface area contributed by atoms with E-state index in [9.17, 15) is 23.3 Å². The number of rotatable bonds is 5. The van der Waals surface area contributed by atoms with Gasteiger partial charge in [-0.05, 0) is 42.5 Å². The van der Waals surface area contributed by atoms with Gasteiger partial charge >= 0.3 is 0 Å². The van der Waals surface area contributed by atoms with Gasteiger partial charge in [-0.2, -0.15) is 4.31 Å². The molecule has 2 aliphatic rings. The third kappa shape index (κ3) is 3.95. The highest BCUT2D eigenvalue weighted by Crippen LogP contribution is 2.27. The van der Waals surface area contributed by atoms with Gasteiger partial charge in [-0.25, -0.2) is 8.42 Å². The van der Waals surface area contributed by atoms with E-state index in [-0.39, 0.29) is 44.2 Å². The Bertz CT molecular complexity index is 1090. The molecule has 1 fully saturated rings. The maximum absolute atomic E-state index is 13.0. The molecule has 2 aromatic carbocycles. The summed E-state index contributed by atoms with van der Waals surface area (Å²) in [4.78, 5) is 25.2. The Hall–Kier alpha value is -2.78. The van der Waals surface area contributed by atoms with E-state index in [1.165, 1.54) is 15.9 Å². The molecule has 1 aliphatic carbocycles. The van der Waals surface area contributed by atoms with Gasteiger partial charge in [-0.3, -0.25) is 14.9 Å². The number of piperazine rings is 1. The van der Waals surface area contributed by atoms with E-state index in [1.54, 1.807) is 35.2 Å². The predicted molar refractivity (Wildman–Crippen MR) is 111 cm³/mol. The molecule has 158 valence electrons. The molecule has 9 heteroatoms. The minimum absolute atomic E-state index is 0.0747. The lowest BCUT2D eigenvalue weighted by Gasteiger charge is -2.34. The van der Waals surface area contributed by atoms with Crippen molar-refractivity contribution in [2.24, 2.45) is 0 Å². The van der Waals surface area contributed by atoms with Crippen LogP contribution in [0.1, 0.15) is 23.1 Å². The number of hydrogen-bond acceptors (Lipinski definition) is 5. The average molecular weight is 429 g/mol. The van der Waals surface area contributed by atoms with Crippen molar-refractivity contribution in [1.29, 1.82) is 0 Å². The highest BCUT2D eigenvalue weighted by molar-refractivity contribution is 7.89. The second kappa shape index (κ2) is 8.16. The van der Waals surface area contributed by atoms with Crippen molar-refractivity contribution in [3.63, 3.8) is 0 Å². The predicted octanol–water partition coefficient (Wildman–Crippen LogP) is 2.16. The number of para-hydroxylation sites is 1. The van der Waals surface area contributed by atoms with E-state index in [2.05, 4.69) is 0 Å². The Morgan fingerprint density at radius 1 is 1.00 bits per heavy atom. The van der Waals surface area contributed by atoms with E-state index in [4.69, 9.17) is 0 Å². The van der Waals surface area contributed by atoms with Crippen molar-refractivity contribution >= 4 is 21.6 Å². The van der Waals surface area contributed by atoms with Gasteiger partial charge in [0.1, 0.15) is 0 Å². The largest absolute Gasteiger partial charge is 0.340 e. The number of hydrogen-bond donors (Lipinski definition) is 0. The van der Waals surface area contributed by atoms with E-state index in [1.807, 2.05) is 6.07 Å². The second-order valence-corrected chi connectivity index (χ2v) is 9.57. The summed E-state index contributed by atoms with van der Waals surface area (Å²) in [5, 5.41) is 11.1. The summed E-state index contributed by atoms with van der Waals surface area (Å²) in [5.74, 6) is -0.237. The van der Waals surface area contributed by atoms with Crippen LogP contribution in [0.4, 0.5) is 5.69 Å². The third-order valence-electron chi connectivity index (χ3n) is 5.83. The molecule has 0 spiro atoms. The van der Waals surface area contributed by atoms with Crippen LogP contribution in [0.3, 0.4) is 0 Å². The van der Waals surface area contributed by atoms with Crippen molar-refractivity contribution in [2.75, 3.05) is 26.2 Å². The lowest BCUT2D eigenvalue weighted by molar-refractivity contribution is -0.385. The molecule has 0 saturated carbocycles. The van der Waals surface area contributed by atoms with Crippen molar-refractivity contribution in [1.82, 2.24) is 9.21 Å². The van der Waals surface area contributed by atoms with E-state index in [0.717, 1.165) is 24.8 Å². The molecule has 1 saturated heterocycles. The summed E-state index contributed by atoms with van der Waals surface area (Å²) in [6.45, 7) is 0.956. The number of aryl methyl sites for hydroxylation is 2. The van der Waals surface area contributed by atoms with Crippen LogP contribution in [0.5, 0.6) is 0 Å². The summed E-state index contributed by atoms with van der Waals surface area (Å²) in [6.07, 6.45) is 2.89. The molecule has 4 rings (SSSR count). The van der Waals surface area contributed by atoms with Crippen LogP contribution in [-0.4, -0.2) is 54.6 Å². The third-order valence-corrected chi connectivity index (χ3v) is 7.72. The zero-order valence-electron chi connectivity index (χ0n) is 16.5. The molecule has 2 aromatic rings. The number of benzene rings is 2. The summed E-state index contributed by atoms with van der Waals surface area (Å²) in [6, 6.07) is 11.5. The molecule has 0 bridgehead atoms. The van der Waals surface area contributed by atoms with Crippen LogP contribution in [-0.2, 0) is 34.1 Å². The number of fused-ring (bicyclic) bond motifs is 1. The fourth-order valence-electron chi connectivity index (χ4n) is 4.15. The number of carbonyl (C=O) groups excluding carboxylic acids is 1. The number of carbonyl (C=O) groups is 1. The van der Waals surface area contributed by atoms with E-state index in [0.29, 0.717) is 10.5 Å². The van der Waals surface area contributed by atoms with Crippen molar-refractivity contribution < 1.29 is 18.1 Å². The van der Waals surface area contributed by atoms with Gasteiger partial charge in [0.25, 0.3) is 5.69 Å². The minimum Gasteiger partial charge on any atom is -0.340 e. The van der Waals surface area contributed by atoms with Crippen LogP contribution in [0.25, 0.3) is 0 Å². The Morgan fingerprint density at radius 2 is 1.70 bits per heavy atom. The Balaban J connectivity index is 1.41. The first-order chi connectivity index (χ1) is 14.4. The molecular formula is C21H23N3O5S. The summed E-state index contributed by atoms with van der Waals surface area (Å²) >= 11 is 0. The molecule has 1 aliphatic heterocycles. The van der Waals surface area contributed by atoms with Crippen molar-refractivity contribution in [2.45, 2.75) is 30.6 Å². The van der Waals surface area contributed by atoms with Crippen molar-refractivity contribution in [3.05, 3.63) is 69.3 Å². The van der Waals surface area contributed by atoms with Crippen LogP contribution in [0, 0.1) is 10.1 Å². The highest BCUT2D eigenvalue weighted by Gasteiger charge is 2.31. The Kier molecular flexibility index (Phi) is 5.57. The fourth-order valence-corrected chi connectivity index (χ4v) is 5.62. The standard InChI is InChI=1S/C21H23N3O5S/c25-21(15-18-4-1-2-7-20(18)24(26)27)22-10-12-23(13-11-22)30(28,29)19-9-8-16-5-3-6-17(16)14-19/h1-2,4,7-9,14H,3,5-6,10-13,15H2. The summed E-state index contributed by atoms with van der Waals surface area (Å²) < 4.78 is 27.5. The molecule has 0 atom stereocenters. The topological polar surface area (TPSA) is 101 Å². The number of sulfonamides is 1. The first-order valence-corrected chi connectivity index (χ1v) is 11.4. The molecule has 1 heterocycles. The molecular weight excluding hydrogens is 406 g/mol. The number of nitrogens with zero attached hydrogens (tertiary/aromatic N) is 3. The monoisotopic (exact) mass is 429 g/mol. The van der Waals surface area contributed by atoms with E-state index < -0.39 is 14.9 Å². The first kappa shape index (κ1) is 20.5. The molecule has 1 amide bonds. The number of nitro groups is 1. The molecule has 0 aromatic heterocycles. The average Bonchev–Trinajstić information content (AvgIpc) is 3.22. The molecule has 8 nitrogen and oxygen atoms in total. The van der Waals surface area contributed by atoms with E-state index >= 15 is 0 Å². The summed E-state index contributed by atoms with van der Waals surface area (Å²) in [7, 11) is -3.60. The normalized spacial score (nSPS) is 17.0. The Labute approximate surface area is 175 Å². The quantitative estimate of drug-likeness (QED) is 0.536. The Morgan fingerprint density at radius 3 is 2.43 bits per heavy atom. The lowest BCUT2D eigenvalue weighted by atomic mass is 10.1. The maximum Gasteiger partial charge on any atom is 0.273 e. The van der Waals surface area contributed by atoms with Crippen LogP contribution < -0.4 is 0 Å². The maximum atomic E-state index is 13.0. The van der Waals surface area contributed by atoms with Gasteiger partial charge in [0, 0.05) is 37.8 Å². The number of nitro benzene ring substituents is 1. The minimum atomic E-state index is -3.60. The number of amides is 1. The van der Waals surface area contributed by atoms with Crippen LogP contribution >= 0.6 is 0 Å². The molecule has 0 radical (unpaired) electrons. The molecule has 0 N–H and O–H groups in total. The van der Waals surface area contributed by atoms with Gasteiger partial charge in [-0.1, -0.05) is 24.3 Å². The zero-order chi connectivity index (χ0) is 21.3. The molecule has 0 unspecified atom stereocenters. The second-order valence-electron chi connectivity index (χ2n) is 7.63. The van der Waals surface area contributed by atoms with Gasteiger partial charge in [0.2, 0.25) is 15.9 Å².